The molecule has 2 aliphatic rings. The summed E-state index contributed by atoms with van der Waals surface area (Å²) in [6.07, 6.45) is 2.46. The molecule has 1 amide bonds. The summed E-state index contributed by atoms with van der Waals surface area (Å²) in [5.41, 5.74) is 1.83. The third kappa shape index (κ3) is 3.45. The monoisotopic (exact) mass is 365 g/mol. The van der Waals surface area contributed by atoms with E-state index in [1.165, 1.54) is 4.31 Å². The molecule has 2 heterocycles. The second-order valence-corrected chi connectivity index (χ2v) is 8.58. The summed E-state index contributed by atoms with van der Waals surface area (Å²) in [6.45, 7) is 7.01. The van der Waals surface area contributed by atoms with E-state index in [2.05, 4.69) is 5.32 Å². The fourth-order valence-electron chi connectivity index (χ4n) is 3.77. The van der Waals surface area contributed by atoms with Crippen molar-refractivity contribution in [1.29, 1.82) is 0 Å². The summed E-state index contributed by atoms with van der Waals surface area (Å²) in [4.78, 5) is 15.0. The second-order valence-electron chi connectivity index (χ2n) is 6.64. The molecule has 0 aromatic heterocycles. The number of carbonyl (C=O) groups is 1. The number of anilines is 1. The van der Waals surface area contributed by atoms with Gasteiger partial charge in [0.05, 0.1) is 4.90 Å². The van der Waals surface area contributed by atoms with Crippen LogP contribution in [0.4, 0.5) is 5.69 Å². The van der Waals surface area contributed by atoms with Crippen LogP contribution in [0.2, 0.25) is 0 Å². The molecule has 25 heavy (non-hydrogen) atoms. The lowest BCUT2D eigenvalue weighted by Gasteiger charge is -2.27. The fraction of sp³-hybridized carbons (Fsp3) is 0.611. The Morgan fingerprint density at radius 3 is 2.56 bits per heavy atom. The third-order valence-corrected chi connectivity index (χ3v) is 7.29. The number of hydrogen-bond acceptors (Lipinski definition) is 4. The molecule has 6 nitrogen and oxygen atoms in total. The van der Waals surface area contributed by atoms with Crippen LogP contribution in [0, 0.1) is 5.92 Å². The van der Waals surface area contributed by atoms with Gasteiger partial charge in [0.1, 0.15) is 0 Å². The van der Waals surface area contributed by atoms with Crippen LogP contribution in [0.5, 0.6) is 0 Å². The predicted molar refractivity (Wildman–Crippen MR) is 98.2 cm³/mol. The van der Waals surface area contributed by atoms with Crippen molar-refractivity contribution in [3.05, 3.63) is 23.8 Å². The Hall–Kier alpha value is -1.44. The molecule has 0 aliphatic carbocycles. The summed E-state index contributed by atoms with van der Waals surface area (Å²) >= 11 is 0. The van der Waals surface area contributed by atoms with Crippen LogP contribution in [0.1, 0.15) is 32.3 Å². The molecule has 0 bridgehead atoms. The highest BCUT2D eigenvalue weighted by Gasteiger charge is 2.32. The van der Waals surface area contributed by atoms with Crippen molar-refractivity contribution in [2.24, 2.45) is 5.92 Å². The van der Waals surface area contributed by atoms with E-state index in [0.29, 0.717) is 31.0 Å². The predicted octanol–water partition coefficient (Wildman–Crippen LogP) is 1.61. The maximum absolute atomic E-state index is 12.8. The van der Waals surface area contributed by atoms with Gasteiger partial charge in [0.25, 0.3) is 0 Å². The molecule has 1 aromatic carbocycles. The van der Waals surface area contributed by atoms with Crippen LogP contribution in [0.3, 0.4) is 0 Å². The van der Waals surface area contributed by atoms with Crippen molar-refractivity contribution >= 4 is 21.6 Å². The highest BCUT2D eigenvalue weighted by atomic mass is 32.2. The van der Waals surface area contributed by atoms with Gasteiger partial charge >= 0.3 is 0 Å². The Bertz CT molecular complexity index is 738. The van der Waals surface area contributed by atoms with Gasteiger partial charge in [-0.25, -0.2) is 8.42 Å². The summed E-state index contributed by atoms with van der Waals surface area (Å²) < 4.78 is 26.9. The number of hydrogen-bond donors (Lipinski definition) is 1. The molecule has 0 radical (unpaired) electrons. The first-order chi connectivity index (χ1) is 12.0. The van der Waals surface area contributed by atoms with Crippen LogP contribution in [0.25, 0.3) is 0 Å². The Labute approximate surface area is 150 Å². The van der Waals surface area contributed by atoms with E-state index >= 15 is 0 Å². The zero-order valence-electron chi connectivity index (χ0n) is 15.0. The van der Waals surface area contributed by atoms with Gasteiger partial charge in [-0.05, 0) is 56.1 Å². The van der Waals surface area contributed by atoms with Crippen LogP contribution < -0.4 is 10.2 Å². The zero-order chi connectivity index (χ0) is 18.0. The molecular weight excluding hydrogens is 338 g/mol. The molecule has 1 fully saturated rings. The lowest BCUT2D eigenvalue weighted by Crippen LogP contribution is -2.40. The maximum Gasteiger partial charge on any atom is 0.243 e. The largest absolute Gasteiger partial charge is 0.317 e. The topological polar surface area (TPSA) is 69.7 Å². The van der Waals surface area contributed by atoms with E-state index in [-0.39, 0.29) is 11.8 Å². The maximum atomic E-state index is 12.8. The van der Waals surface area contributed by atoms with E-state index in [4.69, 9.17) is 0 Å². The summed E-state index contributed by atoms with van der Waals surface area (Å²) in [5, 5.41) is 3.28. The number of piperidine rings is 1. The number of nitrogens with zero attached hydrogens (tertiary/aromatic N) is 2. The SMILES string of the molecule is CCN(CC)S(=O)(=O)c1ccc2c(c1)CCN2C(=O)C1CCNCC1. The van der Waals surface area contributed by atoms with Gasteiger partial charge < -0.3 is 10.2 Å². The standard InChI is InChI=1S/C18H27N3O3S/c1-3-20(4-2)25(23,24)16-5-6-17-15(13-16)9-12-21(17)18(22)14-7-10-19-11-8-14/h5-6,13-14,19H,3-4,7-12H2,1-2H3. The number of amides is 1. The van der Waals surface area contributed by atoms with E-state index in [1.807, 2.05) is 18.7 Å². The average Bonchev–Trinajstić information content (AvgIpc) is 3.06. The molecule has 2 aliphatic heterocycles. The van der Waals surface area contributed by atoms with Gasteiger partial charge in [-0.1, -0.05) is 13.8 Å². The minimum absolute atomic E-state index is 0.0753. The van der Waals surface area contributed by atoms with E-state index in [9.17, 15) is 13.2 Å². The minimum atomic E-state index is -3.46. The molecule has 0 atom stereocenters. The van der Waals surface area contributed by atoms with Crippen molar-refractivity contribution in [3.63, 3.8) is 0 Å². The Morgan fingerprint density at radius 1 is 1.24 bits per heavy atom. The van der Waals surface area contributed by atoms with Crippen LogP contribution in [-0.4, -0.2) is 51.4 Å². The molecule has 7 heteroatoms. The number of carbonyl (C=O) groups excluding carboxylic acids is 1. The van der Waals surface area contributed by atoms with Gasteiger partial charge in [0.2, 0.25) is 15.9 Å². The smallest absolute Gasteiger partial charge is 0.243 e. The highest BCUT2D eigenvalue weighted by molar-refractivity contribution is 7.89. The molecule has 0 unspecified atom stereocenters. The number of nitrogens with one attached hydrogen (secondary N) is 1. The first-order valence-corrected chi connectivity index (χ1v) is 10.6. The van der Waals surface area contributed by atoms with Crippen molar-refractivity contribution in [3.8, 4) is 0 Å². The molecule has 1 N–H and O–H groups in total. The van der Waals surface area contributed by atoms with Crippen LogP contribution in [-0.2, 0) is 21.2 Å². The van der Waals surface area contributed by atoms with Crippen molar-refractivity contribution in [2.75, 3.05) is 37.6 Å². The van der Waals surface area contributed by atoms with Gasteiger partial charge in [-0.15, -0.1) is 0 Å². The first kappa shape index (κ1) is 18.4. The van der Waals surface area contributed by atoms with Crippen molar-refractivity contribution in [1.82, 2.24) is 9.62 Å². The fourth-order valence-corrected chi connectivity index (χ4v) is 5.28. The normalized spacial score (nSPS) is 18.6. The molecule has 1 saturated heterocycles. The van der Waals surface area contributed by atoms with Crippen molar-refractivity contribution < 1.29 is 13.2 Å². The van der Waals surface area contributed by atoms with E-state index in [1.54, 1.807) is 18.2 Å². The molecular formula is C18H27N3O3S. The third-order valence-electron chi connectivity index (χ3n) is 5.24. The van der Waals surface area contributed by atoms with Crippen LogP contribution >= 0.6 is 0 Å². The van der Waals surface area contributed by atoms with Gasteiger partial charge in [-0.3, -0.25) is 4.79 Å². The van der Waals surface area contributed by atoms with E-state index < -0.39 is 10.0 Å². The number of fused-ring (bicyclic) bond motifs is 1. The lowest BCUT2D eigenvalue weighted by atomic mass is 9.96. The van der Waals surface area contributed by atoms with Crippen molar-refractivity contribution in [2.45, 2.75) is 38.0 Å². The Morgan fingerprint density at radius 2 is 1.92 bits per heavy atom. The number of benzene rings is 1. The molecule has 1 aromatic rings. The molecule has 3 rings (SSSR count). The van der Waals surface area contributed by atoms with Gasteiger partial charge in [0.15, 0.2) is 0 Å². The van der Waals surface area contributed by atoms with E-state index in [0.717, 1.165) is 37.2 Å². The Kier molecular flexibility index (Phi) is 5.46. The average molecular weight is 365 g/mol. The number of rotatable bonds is 5. The minimum Gasteiger partial charge on any atom is -0.317 e. The lowest BCUT2D eigenvalue weighted by molar-refractivity contribution is -0.123. The quantitative estimate of drug-likeness (QED) is 0.861. The van der Waals surface area contributed by atoms with Crippen LogP contribution in [0.15, 0.2) is 23.1 Å². The summed E-state index contributed by atoms with van der Waals surface area (Å²) in [5.74, 6) is 0.255. The number of sulfonamides is 1. The Balaban J connectivity index is 1.84. The highest BCUT2D eigenvalue weighted by Crippen LogP contribution is 2.33. The van der Waals surface area contributed by atoms with Gasteiger partial charge in [-0.2, -0.15) is 4.31 Å². The second kappa shape index (κ2) is 7.43. The zero-order valence-corrected chi connectivity index (χ0v) is 15.8. The first-order valence-electron chi connectivity index (χ1n) is 9.14. The molecule has 0 spiro atoms. The molecule has 138 valence electrons. The summed E-state index contributed by atoms with van der Waals surface area (Å²) in [6, 6.07) is 5.19. The summed E-state index contributed by atoms with van der Waals surface area (Å²) in [7, 11) is -3.46. The molecule has 0 saturated carbocycles. The van der Waals surface area contributed by atoms with Gasteiger partial charge in [0, 0.05) is 31.2 Å².